The van der Waals surface area contributed by atoms with E-state index in [2.05, 4.69) is 18.8 Å². The van der Waals surface area contributed by atoms with Gasteiger partial charge in [-0.2, -0.15) is 0 Å². The first-order chi connectivity index (χ1) is 12.6. The SMILES string of the molecule is CC(C)CCn1c(SCC(=O)c2ccccc2)nc2ccccc2c1=O. The van der Waals surface area contributed by atoms with Crippen molar-refractivity contribution in [2.24, 2.45) is 5.92 Å². The van der Waals surface area contributed by atoms with Gasteiger partial charge in [0.2, 0.25) is 0 Å². The van der Waals surface area contributed by atoms with E-state index in [1.165, 1.54) is 11.8 Å². The van der Waals surface area contributed by atoms with Crippen LogP contribution in [0.5, 0.6) is 0 Å². The molecule has 0 fully saturated rings. The van der Waals surface area contributed by atoms with Crippen LogP contribution in [0.2, 0.25) is 0 Å². The Bertz CT molecular complexity index is 965. The molecule has 0 spiro atoms. The smallest absolute Gasteiger partial charge is 0.262 e. The summed E-state index contributed by atoms with van der Waals surface area (Å²) in [6.07, 6.45) is 0.889. The first-order valence-corrected chi connectivity index (χ1v) is 9.75. The lowest BCUT2D eigenvalue weighted by molar-refractivity contribution is 0.102. The zero-order valence-corrected chi connectivity index (χ0v) is 15.8. The van der Waals surface area contributed by atoms with Gasteiger partial charge in [-0.05, 0) is 24.5 Å². The van der Waals surface area contributed by atoms with Crippen LogP contribution in [0.4, 0.5) is 0 Å². The third-order valence-electron chi connectivity index (χ3n) is 4.18. The third-order valence-corrected chi connectivity index (χ3v) is 5.16. The lowest BCUT2D eigenvalue weighted by atomic mass is 10.1. The Balaban J connectivity index is 1.91. The van der Waals surface area contributed by atoms with Gasteiger partial charge in [-0.25, -0.2) is 4.98 Å². The van der Waals surface area contributed by atoms with Gasteiger partial charge in [0.15, 0.2) is 10.9 Å². The molecule has 0 radical (unpaired) electrons. The molecule has 0 aliphatic rings. The number of carbonyl (C=O) groups excluding carboxylic acids is 1. The van der Waals surface area contributed by atoms with Gasteiger partial charge in [0.05, 0.1) is 16.7 Å². The molecular weight excluding hydrogens is 344 g/mol. The topological polar surface area (TPSA) is 52.0 Å². The number of Topliss-reactive ketones (excluding diaryl/α,β-unsaturated/α-hetero) is 1. The van der Waals surface area contributed by atoms with Gasteiger partial charge in [-0.15, -0.1) is 0 Å². The Hall–Kier alpha value is -2.40. The van der Waals surface area contributed by atoms with Crippen LogP contribution in [0.3, 0.4) is 0 Å². The fraction of sp³-hybridized carbons (Fsp3) is 0.286. The molecule has 3 rings (SSSR count). The number of fused-ring (bicyclic) bond motifs is 1. The van der Waals surface area contributed by atoms with Gasteiger partial charge in [0.1, 0.15) is 0 Å². The molecule has 3 aromatic rings. The van der Waals surface area contributed by atoms with Crippen molar-refractivity contribution in [2.45, 2.75) is 32.0 Å². The molecule has 2 aromatic carbocycles. The van der Waals surface area contributed by atoms with Crippen LogP contribution in [0.1, 0.15) is 30.6 Å². The number of para-hydroxylation sites is 1. The predicted octanol–water partition coefficient (Wildman–Crippen LogP) is 4.42. The van der Waals surface area contributed by atoms with Gasteiger partial charge < -0.3 is 0 Å². The Morgan fingerprint density at radius 3 is 2.50 bits per heavy atom. The fourth-order valence-electron chi connectivity index (χ4n) is 2.68. The fourth-order valence-corrected chi connectivity index (χ4v) is 3.60. The second kappa shape index (κ2) is 8.32. The van der Waals surface area contributed by atoms with Crippen molar-refractivity contribution in [3.63, 3.8) is 0 Å². The maximum absolute atomic E-state index is 12.9. The van der Waals surface area contributed by atoms with Crippen LogP contribution in [-0.2, 0) is 6.54 Å². The molecule has 1 aromatic heterocycles. The Labute approximate surface area is 157 Å². The van der Waals surface area contributed by atoms with Gasteiger partial charge in [-0.1, -0.05) is 68.1 Å². The highest BCUT2D eigenvalue weighted by molar-refractivity contribution is 7.99. The summed E-state index contributed by atoms with van der Waals surface area (Å²) >= 11 is 1.33. The summed E-state index contributed by atoms with van der Waals surface area (Å²) in [7, 11) is 0. The summed E-state index contributed by atoms with van der Waals surface area (Å²) in [5.41, 5.74) is 1.32. The van der Waals surface area contributed by atoms with Gasteiger partial charge in [-0.3, -0.25) is 14.2 Å². The standard InChI is InChI=1S/C21H22N2O2S/c1-15(2)12-13-23-20(25)17-10-6-7-11-18(17)22-21(23)26-14-19(24)16-8-4-3-5-9-16/h3-11,15H,12-14H2,1-2H3. The predicted molar refractivity (Wildman–Crippen MR) is 107 cm³/mol. The summed E-state index contributed by atoms with van der Waals surface area (Å²) in [5.74, 6) is 0.779. The maximum Gasteiger partial charge on any atom is 0.262 e. The van der Waals surface area contributed by atoms with Crippen molar-refractivity contribution < 1.29 is 4.79 Å². The number of rotatable bonds is 7. The van der Waals surface area contributed by atoms with Crippen molar-refractivity contribution in [2.75, 3.05) is 5.75 Å². The first-order valence-electron chi connectivity index (χ1n) is 8.77. The van der Waals surface area contributed by atoms with E-state index in [1.54, 1.807) is 10.6 Å². The van der Waals surface area contributed by atoms with Crippen molar-refractivity contribution in [1.82, 2.24) is 9.55 Å². The quantitative estimate of drug-likeness (QED) is 0.353. The zero-order valence-electron chi connectivity index (χ0n) is 15.0. The van der Waals surface area contributed by atoms with Gasteiger partial charge >= 0.3 is 0 Å². The van der Waals surface area contributed by atoms with Crippen LogP contribution in [-0.4, -0.2) is 21.1 Å². The molecule has 0 bridgehead atoms. The highest BCUT2D eigenvalue weighted by Gasteiger charge is 2.14. The molecule has 4 nitrogen and oxygen atoms in total. The minimum Gasteiger partial charge on any atom is -0.293 e. The molecule has 5 heteroatoms. The van der Waals surface area contributed by atoms with Crippen molar-refractivity contribution >= 4 is 28.4 Å². The van der Waals surface area contributed by atoms with Crippen LogP contribution in [0.15, 0.2) is 64.5 Å². The third kappa shape index (κ3) is 4.22. The normalized spacial score (nSPS) is 11.2. The van der Waals surface area contributed by atoms with E-state index < -0.39 is 0 Å². The first kappa shape index (κ1) is 18.4. The molecule has 0 atom stereocenters. The minimum atomic E-state index is -0.0362. The number of aromatic nitrogens is 2. The monoisotopic (exact) mass is 366 g/mol. The van der Waals surface area contributed by atoms with E-state index in [4.69, 9.17) is 0 Å². The summed E-state index contributed by atoms with van der Waals surface area (Å²) in [6, 6.07) is 16.6. The van der Waals surface area contributed by atoms with Gasteiger partial charge in [0, 0.05) is 12.1 Å². The lowest BCUT2D eigenvalue weighted by Crippen LogP contribution is -2.24. The molecule has 0 saturated carbocycles. The van der Waals surface area contributed by atoms with E-state index in [0.29, 0.717) is 34.1 Å². The van der Waals surface area contributed by atoms with E-state index >= 15 is 0 Å². The number of benzene rings is 2. The summed E-state index contributed by atoms with van der Waals surface area (Å²) in [4.78, 5) is 30.0. The number of ketones is 1. The van der Waals surface area contributed by atoms with Crippen LogP contribution < -0.4 is 5.56 Å². The maximum atomic E-state index is 12.9. The molecule has 1 heterocycles. The molecule has 0 aliphatic heterocycles. The Kier molecular flexibility index (Phi) is 5.89. The molecule has 0 unspecified atom stereocenters. The van der Waals surface area contributed by atoms with E-state index in [-0.39, 0.29) is 17.1 Å². The molecule has 0 saturated heterocycles. The summed E-state index contributed by atoms with van der Waals surface area (Å²) < 4.78 is 1.71. The number of carbonyl (C=O) groups is 1. The summed E-state index contributed by atoms with van der Waals surface area (Å²) in [5, 5.41) is 1.23. The molecule has 0 aliphatic carbocycles. The number of thioether (sulfide) groups is 1. The Morgan fingerprint density at radius 2 is 1.77 bits per heavy atom. The van der Waals surface area contributed by atoms with Crippen LogP contribution in [0, 0.1) is 5.92 Å². The highest BCUT2D eigenvalue weighted by Crippen LogP contribution is 2.20. The summed E-state index contributed by atoms with van der Waals surface area (Å²) in [6.45, 7) is 4.87. The van der Waals surface area contributed by atoms with Crippen LogP contribution >= 0.6 is 11.8 Å². The van der Waals surface area contributed by atoms with Crippen LogP contribution in [0.25, 0.3) is 10.9 Å². The van der Waals surface area contributed by atoms with Crippen molar-refractivity contribution in [3.05, 3.63) is 70.5 Å². The van der Waals surface area contributed by atoms with E-state index in [9.17, 15) is 9.59 Å². The molecular formula is C21H22N2O2S. The number of hydrogen-bond acceptors (Lipinski definition) is 4. The second-order valence-corrected chi connectivity index (χ2v) is 7.57. The van der Waals surface area contributed by atoms with Crippen molar-refractivity contribution in [1.29, 1.82) is 0 Å². The zero-order chi connectivity index (χ0) is 18.5. The molecule has 26 heavy (non-hydrogen) atoms. The molecule has 0 amide bonds. The lowest BCUT2D eigenvalue weighted by Gasteiger charge is -2.14. The molecule has 0 N–H and O–H groups in total. The van der Waals surface area contributed by atoms with Gasteiger partial charge in [0.25, 0.3) is 5.56 Å². The average molecular weight is 366 g/mol. The van der Waals surface area contributed by atoms with E-state index in [0.717, 1.165) is 6.42 Å². The average Bonchev–Trinajstić information content (AvgIpc) is 2.66. The molecule has 134 valence electrons. The number of nitrogens with zero attached hydrogens (tertiary/aromatic N) is 2. The second-order valence-electron chi connectivity index (χ2n) is 6.63. The van der Waals surface area contributed by atoms with Crippen molar-refractivity contribution in [3.8, 4) is 0 Å². The Morgan fingerprint density at radius 1 is 1.08 bits per heavy atom. The largest absolute Gasteiger partial charge is 0.293 e. The van der Waals surface area contributed by atoms with E-state index in [1.807, 2.05) is 48.5 Å². The minimum absolute atomic E-state index is 0.0356. The number of hydrogen-bond donors (Lipinski definition) is 0. The highest BCUT2D eigenvalue weighted by atomic mass is 32.2.